The molecular weight excluding hydrogens is 332 g/mol. The maximum absolute atomic E-state index is 12.4. The lowest BCUT2D eigenvalue weighted by Crippen LogP contribution is -2.15. The van der Waals surface area contributed by atoms with Crippen molar-refractivity contribution in [3.8, 4) is 0 Å². The Hall–Kier alpha value is -2.89. The highest BCUT2D eigenvalue weighted by Crippen LogP contribution is 2.32. The van der Waals surface area contributed by atoms with E-state index in [2.05, 4.69) is 5.32 Å². The number of nitrogens with zero attached hydrogens (tertiary/aromatic N) is 1. The molecule has 0 bridgehead atoms. The van der Waals surface area contributed by atoms with Crippen LogP contribution >= 0.6 is 0 Å². The quantitative estimate of drug-likeness (QED) is 0.661. The largest absolute Gasteiger partial charge is 0.454 e. The Bertz CT molecular complexity index is 911. The van der Waals surface area contributed by atoms with Crippen molar-refractivity contribution >= 4 is 23.3 Å². The molecule has 1 amide bonds. The summed E-state index contributed by atoms with van der Waals surface area (Å²) in [6.07, 6.45) is 0. The molecule has 0 saturated carbocycles. The molecule has 0 unspecified atom stereocenters. The Labute approximate surface area is 152 Å². The minimum atomic E-state index is -0.502. The number of carbonyl (C=O) groups excluding carboxylic acids is 3. The number of esters is 1. The molecule has 1 aliphatic rings. The third-order valence-corrected chi connectivity index (χ3v) is 4.94. The first-order valence-electron chi connectivity index (χ1n) is 8.65. The lowest BCUT2D eigenvalue weighted by atomic mass is 9.99. The summed E-state index contributed by atoms with van der Waals surface area (Å²) >= 11 is 0. The standard InChI is InChI=1S/C20H22N2O4/c1-5-22-11(2)8-16(13(22)4)20(25)26-10-18(23)14-6-7-17-15(9-14)12(3)19(24)21-17/h6-9,12H,5,10H2,1-4H3,(H,21,24)/t12-/m0/s1. The number of aromatic nitrogens is 1. The van der Waals surface area contributed by atoms with Gasteiger partial charge < -0.3 is 14.6 Å². The summed E-state index contributed by atoms with van der Waals surface area (Å²) in [5.74, 6) is -1.17. The van der Waals surface area contributed by atoms with Crippen LogP contribution in [0, 0.1) is 13.8 Å². The van der Waals surface area contributed by atoms with Crippen LogP contribution in [-0.2, 0) is 16.1 Å². The predicted molar refractivity (Wildman–Crippen MR) is 97.7 cm³/mol. The number of carbonyl (C=O) groups is 3. The fraction of sp³-hybridized carbons (Fsp3) is 0.350. The summed E-state index contributed by atoms with van der Waals surface area (Å²) in [4.78, 5) is 36.4. The van der Waals surface area contributed by atoms with Crippen LogP contribution in [0.25, 0.3) is 0 Å². The van der Waals surface area contributed by atoms with E-state index in [0.29, 0.717) is 11.1 Å². The van der Waals surface area contributed by atoms with Crippen molar-refractivity contribution in [2.45, 2.75) is 40.2 Å². The van der Waals surface area contributed by atoms with E-state index in [0.717, 1.165) is 29.2 Å². The second-order valence-electron chi connectivity index (χ2n) is 6.54. The summed E-state index contributed by atoms with van der Waals surface area (Å²) in [6.45, 7) is 8.03. The van der Waals surface area contributed by atoms with Gasteiger partial charge in [-0.05, 0) is 57.5 Å². The van der Waals surface area contributed by atoms with Crippen molar-refractivity contribution in [1.29, 1.82) is 0 Å². The molecule has 2 heterocycles. The maximum Gasteiger partial charge on any atom is 0.340 e. The second kappa shape index (κ2) is 6.78. The van der Waals surface area contributed by atoms with Gasteiger partial charge >= 0.3 is 5.97 Å². The van der Waals surface area contributed by atoms with Crippen LogP contribution in [0.2, 0.25) is 0 Å². The van der Waals surface area contributed by atoms with Gasteiger partial charge in [0.15, 0.2) is 12.4 Å². The number of rotatable bonds is 5. The van der Waals surface area contributed by atoms with Crippen LogP contribution in [0.3, 0.4) is 0 Å². The van der Waals surface area contributed by atoms with Crippen molar-refractivity contribution in [3.05, 3.63) is 52.3 Å². The minimum Gasteiger partial charge on any atom is -0.454 e. The van der Waals surface area contributed by atoms with E-state index >= 15 is 0 Å². The van der Waals surface area contributed by atoms with Gasteiger partial charge in [-0.2, -0.15) is 0 Å². The molecule has 26 heavy (non-hydrogen) atoms. The summed E-state index contributed by atoms with van der Waals surface area (Å²) in [6, 6.07) is 6.81. The minimum absolute atomic E-state index is 0.0812. The number of hydrogen-bond acceptors (Lipinski definition) is 4. The fourth-order valence-electron chi connectivity index (χ4n) is 3.38. The summed E-state index contributed by atoms with van der Waals surface area (Å²) in [5, 5.41) is 2.77. The second-order valence-corrected chi connectivity index (χ2v) is 6.54. The molecule has 1 atom stereocenters. The number of aryl methyl sites for hydroxylation is 1. The monoisotopic (exact) mass is 354 g/mol. The van der Waals surface area contributed by atoms with Crippen LogP contribution in [0.15, 0.2) is 24.3 Å². The van der Waals surface area contributed by atoms with Crippen molar-refractivity contribution in [3.63, 3.8) is 0 Å². The number of Topliss-reactive ketones (excluding diaryl/α,β-unsaturated/α-hetero) is 1. The molecule has 1 N–H and O–H groups in total. The van der Waals surface area contributed by atoms with E-state index in [1.165, 1.54) is 0 Å². The Balaban J connectivity index is 1.70. The predicted octanol–water partition coefficient (Wildman–Crippen LogP) is 3.22. The molecule has 6 heteroatoms. The molecule has 2 aromatic rings. The van der Waals surface area contributed by atoms with Gasteiger partial charge in [0, 0.05) is 29.2 Å². The maximum atomic E-state index is 12.4. The molecule has 1 aromatic heterocycles. The van der Waals surface area contributed by atoms with Crippen LogP contribution in [0.5, 0.6) is 0 Å². The van der Waals surface area contributed by atoms with Gasteiger partial charge in [-0.15, -0.1) is 0 Å². The smallest absolute Gasteiger partial charge is 0.340 e. The third-order valence-electron chi connectivity index (χ3n) is 4.94. The van der Waals surface area contributed by atoms with Gasteiger partial charge in [0.2, 0.25) is 5.91 Å². The number of benzene rings is 1. The van der Waals surface area contributed by atoms with E-state index in [1.807, 2.05) is 25.3 Å². The number of hydrogen-bond donors (Lipinski definition) is 1. The normalized spacial score (nSPS) is 15.5. The average Bonchev–Trinajstić information content (AvgIpc) is 3.07. The topological polar surface area (TPSA) is 77.4 Å². The van der Waals surface area contributed by atoms with Crippen molar-refractivity contribution in [1.82, 2.24) is 4.57 Å². The highest BCUT2D eigenvalue weighted by Gasteiger charge is 2.27. The zero-order chi connectivity index (χ0) is 19.0. The van der Waals surface area contributed by atoms with Crippen LogP contribution in [0.4, 0.5) is 5.69 Å². The molecule has 1 aromatic carbocycles. The molecule has 0 spiro atoms. The van der Waals surface area contributed by atoms with Crippen LogP contribution in [0.1, 0.15) is 57.4 Å². The highest BCUT2D eigenvalue weighted by molar-refractivity contribution is 6.05. The number of ether oxygens (including phenoxy) is 1. The van der Waals surface area contributed by atoms with E-state index in [9.17, 15) is 14.4 Å². The van der Waals surface area contributed by atoms with E-state index < -0.39 is 5.97 Å². The lowest BCUT2D eigenvalue weighted by Gasteiger charge is -2.08. The van der Waals surface area contributed by atoms with Gasteiger partial charge in [0.1, 0.15) is 0 Å². The molecule has 136 valence electrons. The molecule has 0 fully saturated rings. The van der Waals surface area contributed by atoms with E-state index in [1.54, 1.807) is 31.2 Å². The number of ketones is 1. The van der Waals surface area contributed by atoms with E-state index in [4.69, 9.17) is 4.74 Å². The zero-order valence-corrected chi connectivity index (χ0v) is 15.4. The fourth-order valence-corrected chi connectivity index (χ4v) is 3.38. The number of amides is 1. The molecule has 0 radical (unpaired) electrons. The molecule has 6 nitrogen and oxygen atoms in total. The van der Waals surface area contributed by atoms with Gasteiger partial charge in [0.25, 0.3) is 0 Å². The summed E-state index contributed by atoms with van der Waals surface area (Å²) in [5.41, 5.74) is 4.24. The Morgan fingerprint density at radius 1 is 1.23 bits per heavy atom. The van der Waals surface area contributed by atoms with Crippen LogP contribution < -0.4 is 5.32 Å². The number of anilines is 1. The van der Waals surface area contributed by atoms with Crippen LogP contribution in [-0.4, -0.2) is 28.8 Å². The van der Waals surface area contributed by atoms with Crippen molar-refractivity contribution in [2.24, 2.45) is 0 Å². The summed E-state index contributed by atoms with van der Waals surface area (Å²) < 4.78 is 7.24. The van der Waals surface area contributed by atoms with Gasteiger partial charge in [0.05, 0.1) is 11.5 Å². The van der Waals surface area contributed by atoms with E-state index in [-0.39, 0.29) is 24.2 Å². The SMILES string of the molecule is CCn1c(C)cc(C(=O)OCC(=O)c2ccc3c(c2)[C@H](C)C(=O)N3)c1C. The molecule has 3 rings (SSSR count). The van der Waals surface area contributed by atoms with Gasteiger partial charge in [-0.3, -0.25) is 9.59 Å². The van der Waals surface area contributed by atoms with Gasteiger partial charge in [-0.1, -0.05) is 0 Å². The first-order valence-corrected chi connectivity index (χ1v) is 8.65. The Morgan fingerprint density at radius 3 is 2.62 bits per heavy atom. The van der Waals surface area contributed by atoms with Gasteiger partial charge in [-0.25, -0.2) is 4.79 Å². The first kappa shape index (κ1) is 17.9. The first-order chi connectivity index (χ1) is 12.3. The van der Waals surface area contributed by atoms with Crippen molar-refractivity contribution < 1.29 is 19.1 Å². The highest BCUT2D eigenvalue weighted by atomic mass is 16.5. The average molecular weight is 354 g/mol. The Kier molecular flexibility index (Phi) is 4.68. The molecule has 0 saturated heterocycles. The third kappa shape index (κ3) is 3.03. The molecule has 1 aliphatic heterocycles. The molecule has 0 aliphatic carbocycles. The van der Waals surface area contributed by atoms with Crippen molar-refractivity contribution in [2.75, 3.05) is 11.9 Å². The number of nitrogens with one attached hydrogen (secondary N) is 1. The zero-order valence-electron chi connectivity index (χ0n) is 15.4. The summed E-state index contributed by atoms with van der Waals surface area (Å²) in [7, 11) is 0. The Morgan fingerprint density at radius 2 is 1.96 bits per heavy atom. The molecular formula is C20H22N2O4. The lowest BCUT2D eigenvalue weighted by molar-refractivity contribution is -0.116. The number of fused-ring (bicyclic) bond motifs is 1.